The monoisotopic (exact) mass is 317 g/mol. The van der Waals surface area contributed by atoms with Crippen LogP contribution in [0.15, 0.2) is 24.3 Å². The minimum absolute atomic E-state index is 0.297. The van der Waals surface area contributed by atoms with Crippen molar-refractivity contribution in [1.82, 2.24) is 4.98 Å². The highest BCUT2D eigenvalue weighted by atomic mass is 19.1. The van der Waals surface area contributed by atoms with Crippen LogP contribution in [0.3, 0.4) is 0 Å². The third-order valence-corrected chi connectivity index (χ3v) is 3.62. The van der Waals surface area contributed by atoms with Crippen LogP contribution in [0.1, 0.15) is 46.2 Å². The molecule has 0 aliphatic carbocycles. The maximum absolute atomic E-state index is 13.7. The molecule has 5 heteroatoms. The predicted octanol–water partition coefficient (Wildman–Crippen LogP) is 4.07. The van der Waals surface area contributed by atoms with Gasteiger partial charge in [0.15, 0.2) is 0 Å². The highest BCUT2D eigenvalue weighted by Gasteiger charge is 2.12. The molecule has 0 saturated carbocycles. The van der Waals surface area contributed by atoms with Gasteiger partial charge >= 0.3 is 5.97 Å². The zero-order valence-corrected chi connectivity index (χ0v) is 13.5. The van der Waals surface area contributed by atoms with Crippen molar-refractivity contribution < 1.29 is 19.0 Å². The Hall–Kier alpha value is -2.43. The van der Waals surface area contributed by atoms with Gasteiger partial charge in [0, 0.05) is 17.5 Å². The number of carbonyl (C=O) groups is 1. The molecule has 23 heavy (non-hydrogen) atoms. The van der Waals surface area contributed by atoms with Gasteiger partial charge in [-0.05, 0) is 49.6 Å². The van der Waals surface area contributed by atoms with Gasteiger partial charge in [0.2, 0.25) is 0 Å². The lowest BCUT2D eigenvalue weighted by Crippen LogP contribution is -2.06. The summed E-state index contributed by atoms with van der Waals surface area (Å²) in [5.74, 6) is -1.78. The number of halogens is 1. The normalized spacial score (nSPS) is 10.6. The smallest absolute Gasteiger partial charge is 0.338 e. The molecule has 0 spiro atoms. The van der Waals surface area contributed by atoms with Gasteiger partial charge in [-0.15, -0.1) is 0 Å². The fraction of sp³-hybridized carbons (Fsp3) is 0.333. The van der Waals surface area contributed by atoms with Gasteiger partial charge in [-0.1, -0.05) is 13.3 Å². The summed E-state index contributed by atoms with van der Waals surface area (Å²) in [5, 5.41) is 8.83. The number of rotatable bonds is 6. The van der Waals surface area contributed by atoms with E-state index in [-0.39, 0.29) is 5.56 Å². The van der Waals surface area contributed by atoms with Crippen molar-refractivity contribution in [2.75, 3.05) is 0 Å². The number of carboxylic acids is 1. The number of pyridine rings is 1. The minimum Gasteiger partial charge on any atom is -0.489 e. The molecule has 2 rings (SSSR count). The topological polar surface area (TPSA) is 59.4 Å². The highest BCUT2D eigenvalue weighted by Crippen LogP contribution is 2.21. The van der Waals surface area contributed by atoms with Crippen LogP contribution in [-0.4, -0.2) is 16.1 Å². The Labute approximate surface area is 134 Å². The second kappa shape index (κ2) is 7.22. The van der Waals surface area contributed by atoms with Gasteiger partial charge in [-0.3, -0.25) is 4.98 Å². The maximum Gasteiger partial charge on any atom is 0.338 e. The first-order chi connectivity index (χ1) is 10.9. The second-order valence-corrected chi connectivity index (χ2v) is 5.47. The first kappa shape index (κ1) is 16.9. The molecule has 122 valence electrons. The second-order valence-electron chi connectivity index (χ2n) is 5.47. The van der Waals surface area contributed by atoms with E-state index in [0.717, 1.165) is 41.4 Å². The van der Waals surface area contributed by atoms with Crippen molar-refractivity contribution in [2.24, 2.45) is 0 Å². The molecular formula is C18H20FNO3. The van der Waals surface area contributed by atoms with Crippen LogP contribution < -0.4 is 4.74 Å². The SMILES string of the molecule is CCCc1c(COc2ccc(C(=O)O)c(F)c2)cc(C)nc1C. The molecule has 0 aliphatic rings. The zero-order valence-electron chi connectivity index (χ0n) is 13.5. The lowest BCUT2D eigenvalue weighted by atomic mass is 10.0. The number of aromatic carboxylic acids is 1. The molecule has 0 fully saturated rings. The summed E-state index contributed by atoms with van der Waals surface area (Å²) in [6.07, 6.45) is 1.91. The number of ether oxygens (including phenoxy) is 1. The quantitative estimate of drug-likeness (QED) is 0.872. The summed E-state index contributed by atoms with van der Waals surface area (Å²) >= 11 is 0. The summed E-state index contributed by atoms with van der Waals surface area (Å²) in [6, 6.07) is 5.75. The van der Waals surface area contributed by atoms with Crippen molar-refractivity contribution >= 4 is 5.97 Å². The predicted molar refractivity (Wildman–Crippen MR) is 85.4 cm³/mol. The molecule has 2 aromatic rings. The minimum atomic E-state index is -1.29. The number of carboxylic acid groups (broad SMARTS) is 1. The van der Waals surface area contributed by atoms with Gasteiger partial charge in [-0.25, -0.2) is 9.18 Å². The van der Waals surface area contributed by atoms with Gasteiger partial charge < -0.3 is 9.84 Å². The van der Waals surface area contributed by atoms with Crippen molar-refractivity contribution in [1.29, 1.82) is 0 Å². The molecule has 0 bridgehead atoms. The van der Waals surface area contributed by atoms with Gasteiger partial charge in [0.1, 0.15) is 18.2 Å². The molecule has 1 N–H and O–H groups in total. The van der Waals surface area contributed by atoms with Crippen LogP contribution in [0.2, 0.25) is 0 Å². The van der Waals surface area contributed by atoms with E-state index < -0.39 is 11.8 Å². The summed E-state index contributed by atoms with van der Waals surface area (Å²) in [6.45, 7) is 6.30. The molecule has 1 aromatic carbocycles. The number of hydrogen-bond acceptors (Lipinski definition) is 3. The Morgan fingerprint density at radius 3 is 2.65 bits per heavy atom. The van der Waals surface area contributed by atoms with Crippen molar-refractivity contribution in [3.63, 3.8) is 0 Å². The molecule has 1 heterocycles. The van der Waals surface area contributed by atoms with Crippen molar-refractivity contribution in [3.8, 4) is 5.75 Å². The lowest BCUT2D eigenvalue weighted by Gasteiger charge is -2.14. The maximum atomic E-state index is 13.7. The molecule has 0 unspecified atom stereocenters. The molecule has 0 radical (unpaired) electrons. The van der Waals surface area contributed by atoms with E-state index >= 15 is 0 Å². The van der Waals surface area contributed by atoms with Gasteiger partial charge in [-0.2, -0.15) is 0 Å². The third kappa shape index (κ3) is 4.06. The van der Waals surface area contributed by atoms with E-state index in [2.05, 4.69) is 11.9 Å². The molecule has 0 atom stereocenters. The fourth-order valence-corrected chi connectivity index (χ4v) is 2.58. The number of nitrogens with zero attached hydrogens (tertiary/aromatic N) is 1. The fourth-order valence-electron chi connectivity index (χ4n) is 2.58. The van der Waals surface area contributed by atoms with E-state index in [1.54, 1.807) is 0 Å². The molecule has 0 saturated heterocycles. The average molecular weight is 317 g/mol. The Bertz CT molecular complexity index is 728. The third-order valence-electron chi connectivity index (χ3n) is 3.62. The van der Waals surface area contributed by atoms with E-state index in [1.165, 1.54) is 12.1 Å². The molecular weight excluding hydrogens is 297 g/mol. The molecule has 0 amide bonds. The van der Waals surface area contributed by atoms with E-state index in [9.17, 15) is 9.18 Å². The number of benzene rings is 1. The van der Waals surface area contributed by atoms with Gasteiger partial charge in [0.05, 0.1) is 5.56 Å². The molecule has 4 nitrogen and oxygen atoms in total. The average Bonchev–Trinajstić information content (AvgIpc) is 2.47. The zero-order chi connectivity index (χ0) is 17.0. The Balaban J connectivity index is 2.21. The molecule has 1 aromatic heterocycles. The molecule has 0 aliphatic heterocycles. The number of hydrogen-bond donors (Lipinski definition) is 1. The van der Waals surface area contributed by atoms with Crippen LogP contribution >= 0.6 is 0 Å². The van der Waals surface area contributed by atoms with Crippen LogP contribution in [0.5, 0.6) is 5.75 Å². The summed E-state index contributed by atoms with van der Waals surface area (Å²) in [7, 11) is 0. The van der Waals surface area contributed by atoms with E-state index in [0.29, 0.717) is 12.4 Å². The van der Waals surface area contributed by atoms with Crippen LogP contribution in [0.25, 0.3) is 0 Å². The standard InChI is InChI=1S/C18H20FNO3/c1-4-5-15-12(3)20-11(2)8-13(15)10-23-14-6-7-16(18(21)22)17(19)9-14/h6-9H,4-5,10H2,1-3H3,(H,21,22). The van der Waals surface area contributed by atoms with Crippen molar-refractivity contribution in [3.05, 3.63) is 58.2 Å². The lowest BCUT2D eigenvalue weighted by molar-refractivity contribution is 0.0692. The summed E-state index contributed by atoms with van der Waals surface area (Å²) < 4.78 is 19.3. The Kier molecular flexibility index (Phi) is 5.32. The summed E-state index contributed by atoms with van der Waals surface area (Å²) in [4.78, 5) is 15.3. The van der Waals surface area contributed by atoms with Gasteiger partial charge in [0.25, 0.3) is 0 Å². The Morgan fingerprint density at radius 1 is 1.30 bits per heavy atom. The van der Waals surface area contributed by atoms with Crippen LogP contribution in [0, 0.1) is 19.7 Å². The number of aryl methyl sites for hydroxylation is 2. The number of aromatic nitrogens is 1. The highest BCUT2D eigenvalue weighted by molar-refractivity contribution is 5.88. The first-order valence-electron chi connectivity index (χ1n) is 7.54. The first-order valence-corrected chi connectivity index (χ1v) is 7.54. The van der Waals surface area contributed by atoms with E-state index in [1.807, 2.05) is 19.9 Å². The van der Waals surface area contributed by atoms with E-state index in [4.69, 9.17) is 9.84 Å². The van der Waals surface area contributed by atoms with Crippen molar-refractivity contribution in [2.45, 2.75) is 40.2 Å². The summed E-state index contributed by atoms with van der Waals surface area (Å²) in [5.41, 5.74) is 3.71. The Morgan fingerprint density at radius 2 is 2.04 bits per heavy atom. The van der Waals surface area contributed by atoms with Crippen LogP contribution in [-0.2, 0) is 13.0 Å². The largest absolute Gasteiger partial charge is 0.489 e. The van der Waals surface area contributed by atoms with Crippen LogP contribution in [0.4, 0.5) is 4.39 Å².